The molecule has 0 spiro atoms. The van der Waals surface area contributed by atoms with Crippen LogP contribution in [0.5, 0.6) is 0 Å². The molecule has 0 saturated carbocycles. The lowest BCUT2D eigenvalue weighted by atomic mass is 10.1. The van der Waals surface area contributed by atoms with Crippen LogP contribution in [0.1, 0.15) is 20.8 Å². The summed E-state index contributed by atoms with van der Waals surface area (Å²) in [6.07, 6.45) is 0. The Kier molecular flexibility index (Phi) is 6.42. The molecule has 1 fully saturated rings. The molecule has 1 aliphatic heterocycles. The Morgan fingerprint density at radius 3 is 2.55 bits per heavy atom. The summed E-state index contributed by atoms with van der Waals surface area (Å²) in [5.74, 6) is 0.438. The molecular formula is C14H28N4O2. The first-order valence-electron chi connectivity index (χ1n) is 7.28. The second-order valence-corrected chi connectivity index (χ2v) is 6.02. The van der Waals surface area contributed by atoms with Gasteiger partial charge in [-0.2, -0.15) is 0 Å². The van der Waals surface area contributed by atoms with Crippen LogP contribution in [-0.2, 0) is 9.59 Å². The average Bonchev–Trinajstić information content (AvgIpc) is 2.38. The van der Waals surface area contributed by atoms with Gasteiger partial charge in [-0.3, -0.25) is 14.5 Å². The van der Waals surface area contributed by atoms with E-state index in [1.54, 1.807) is 19.0 Å². The van der Waals surface area contributed by atoms with Crippen LogP contribution in [0.4, 0.5) is 0 Å². The van der Waals surface area contributed by atoms with Crippen LogP contribution in [0.25, 0.3) is 0 Å². The number of amides is 2. The third-order valence-electron chi connectivity index (χ3n) is 3.82. The lowest BCUT2D eigenvalue weighted by Gasteiger charge is -2.36. The molecule has 1 aliphatic rings. The van der Waals surface area contributed by atoms with E-state index in [1.807, 2.05) is 11.8 Å². The fraction of sp³-hybridized carbons (Fsp3) is 0.857. The summed E-state index contributed by atoms with van der Waals surface area (Å²) in [5, 5.41) is 6.20. The number of nitrogens with one attached hydrogen (secondary N) is 2. The van der Waals surface area contributed by atoms with Gasteiger partial charge in [-0.15, -0.1) is 0 Å². The third-order valence-corrected chi connectivity index (χ3v) is 3.82. The summed E-state index contributed by atoms with van der Waals surface area (Å²) in [6.45, 7) is 8.57. The average molecular weight is 284 g/mol. The first kappa shape index (κ1) is 16.9. The molecule has 2 N–H and O–H groups in total. The van der Waals surface area contributed by atoms with Crippen molar-refractivity contribution in [3.8, 4) is 0 Å². The lowest BCUT2D eigenvalue weighted by Crippen LogP contribution is -2.59. The maximum Gasteiger partial charge on any atom is 0.240 e. The van der Waals surface area contributed by atoms with E-state index in [-0.39, 0.29) is 30.4 Å². The van der Waals surface area contributed by atoms with Gasteiger partial charge in [0.1, 0.15) is 6.04 Å². The molecule has 0 bridgehead atoms. The van der Waals surface area contributed by atoms with E-state index in [0.29, 0.717) is 19.0 Å². The quantitative estimate of drug-likeness (QED) is 0.715. The molecule has 2 amide bonds. The number of carbonyl (C=O) groups excluding carboxylic acids is 2. The molecule has 0 aliphatic carbocycles. The van der Waals surface area contributed by atoms with Gasteiger partial charge in [0.25, 0.3) is 0 Å². The number of hydrogen-bond donors (Lipinski definition) is 2. The van der Waals surface area contributed by atoms with Crippen molar-refractivity contribution in [3.05, 3.63) is 0 Å². The first-order valence-corrected chi connectivity index (χ1v) is 7.28. The van der Waals surface area contributed by atoms with Crippen LogP contribution in [0.15, 0.2) is 0 Å². The maximum atomic E-state index is 12.1. The van der Waals surface area contributed by atoms with Gasteiger partial charge < -0.3 is 15.5 Å². The summed E-state index contributed by atoms with van der Waals surface area (Å²) >= 11 is 0. The predicted molar refractivity (Wildman–Crippen MR) is 79.4 cm³/mol. The maximum absolute atomic E-state index is 12.1. The van der Waals surface area contributed by atoms with Crippen LogP contribution in [-0.4, -0.2) is 74.0 Å². The Morgan fingerprint density at radius 2 is 2.00 bits per heavy atom. The number of piperazine rings is 1. The molecule has 0 aromatic rings. The minimum atomic E-state index is -0.251. The molecule has 2 unspecified atom stereocenters. The van der Waals surface area contributed by atoms with Gasteiger partial charge >= 0.3 is 0 Å². The van der Waals surface area contributed by atoms with Crippen molar-refractivity contribution >= 4 is 11.8 Å². The van der Waals surface area contributed by atoms with Crippen LogP contribution >= 0.6 is 0 Å². The molecule has 0 aromatic carbocycles. The number of hydrogen-bond acceptors (Lipinski definition) is 4. The molecule has 1 saturated heterocycles. The lowest BCUT2D eigenvalue weighted by molar-refractivity contribution is -0.136. The van der Waals surface area contributed by atoms with E-state index in [2.05, 4.69) is 24.5 Å². The van der Waals surface area contributed by atoms with Gasteiger partial charge in [0.05, 0.1) is 6.54 Å². The number of likely N-dealkylation sites (N-methyl/N-ethyl adjacent to an activating group) is 1. The molecule has 6 nitrogen and oxygen atoms in total. The molecule has 6 heteroatoms. The SMILES string of the molecule is CC(C)C(C)NC(=O)CN1CCNCC1C(=O)N(C)C. The van der Waals surface area contributed by atoms with Crippen LogP contribution in [0.2, 0.25) is 0 Å². The normalized spacial score (nSPS) is 21.6. The minimum absolute atomic E-state index is 0.00958. The Morgan fingerprint density at radius 1 is 1.35 bits per heavy atom. The second-order valence-electron chi connectivity index (χ2n) is 6.02. The van der Waals surface area contributed by atoms with Gasteiger partial charge in [0.2, 0.25) is 11.8 Å². The highest BCUT2D eigenvalue weighted by Crippen LogP contribution is 2.06. The van der Waals surface area contributed by atoms with E-state index < -0.39 is 0 Å². The predicted octanol–water partition coefficient (Wildman–Crippen LogP) is -0.491. The Balaban J connectivity index is 2.58. The molecule has 0 aromatic heterocycles. The zero-order chi connectivity index (χ0) is 15.3. The summed E-state index contributed by atoms with van der Waals surface area (Å²) in [6, 6.07) is -0.104. The van der Waals surface area contributed by atoms with Crippen molar-refractivity contribution in [2.75, 3.05) is 40.3 Å². The van der Waals surface area contributed by atoms with E-state index in [9.17, 15) is 9.59 Å². The summed E-state index contributed by atoms with van der Waals surface area (Å²) in [7, 11) is 3.49. The fourth-order valence-corrected chi connectivity index (χ4v) is 2.13. The highest BCUT2D eigenvalue weighted by molar-refractivity contribution is 5.83. The second kappa shape index (κ2) is 7.59. The van der Waals surface area contributed by atoms with Crippen molar-refractivity contribution in [3.63, 3.8) is 0 Å². The topological polar surface area (TPSA) is 64.7 Å². The smallest absolute Gasteiger partial charge is 0.240 e. The summed E-state index contributed by atoms with van der Waals surface area (Å²) < 4.78 is 0. The zero-order valence-corrected chi connectivity index (χ0v) is 13.3. The largest absolute Gasteiger partial charge is 0.352 e. The first-order chi connectivity index (χ1) is 9.32. The van der Waals surface area contributed by atoms with E-state index in [0.717, 1.165) is 6.54 Å². The number of rotatable bonds is 5. The van der Waals surface area contributed by atoms with Crippen LogP contribution in [0.3, 0.4) is 0 Å². The summed E-state index contributed by atoms with van der Waals surface area (Å²) in [4.78, 5) is 27.7. The van der Waals surface area contributed by atoms with Crippen LogP contribution in [0, 0.1) is 5.92 Å². The Bertz CT molecular complexity index is 344. The van der Waals surface area contributed by atoms with Crippen molar-refractivity contribution in [1.82, 2.24) is 20.4 Å². The van der Waals surface area contributed by atoms with Crippen LogP contribution < -0.4 is 10.6 Å². The van der Waals surface area contributed by atoms with Crippen molar-refractivity contribution in [2.24, 2.45) is 5.92 Å². The highest BCUT2D eigenvalue weighted by atomic mass is 16.2. The molecule has 1 heterocycles. The van der Waals surface area contributed by atoms with Crippen molar-refractivity contribution in [1.29, 1.82) is 0 Å². The molecule has 116 valence electrons. The van der Waals surface area contributed by atoms with Gasteiger partial charge in [0, 0.05) is 39.8 Å². The molecule has 2 atom stereocenters. The van der Waals surface area contributed by atoms with Crippen molar-refractivity contribution in [2.45, 2.75) is 32.9 Å². The molecular weight excluding hydrogens is 256 g/mol. The number of carbonyl (C=O) groups is 2. The van der Waals surface area contributed by atoms with Gasteiger partial charge in [-0.1, -0.05) is 13.8 Å². The molecule has 20 heavy (non-hydrogen) atoms. The number of nitrogens with zero attached hydrogens (tertiary/aromatic N) is 2. The van der Waals surface area contributed by atoms with E-state index in [1.165, 1.54) is 0 Å². The van der Waals surface area contributed by atoms with Gasteiger partial charge in [-0.05, 0) is 12.8 Å². The monoisotopic (exact) mass is 284 g/mol. The molecule has 0 radical (unpaired) electrons. The van der Waals surface area contributed by atoms with Gasteiger partial charge in [-0.25, -0.2) is 0 Å². The highest BCUT2D eigenvalue weighted by Gasteiger charge is 2.31. The Labute approximate surface area is 121 Å². The van der Waals surface area contributed by atoms with Gasteiger partial charge in [0.15, 0.2) is 0 Å². The minimum Gasteiger partial charge on any atom is -0.352 e. The Hall–Kier alpha value is -1.14. The van der Waals surface area contributed by atoms with Crippen molar-refractivity contribution < 1.29 is 9.59 Å². The summed E-state index contributed by atoms with van der Waals surface area (Å²) in [5.41, 5.74) is 0. The fourth-order valence-electron chi connectivity index (χ4n) is 2.13. The molecule has 1 rings (SSSR count). The van der Waals surface area contributed by atoms with E-state index >= 15 is 0 Å². The standard InChI is InChI=1S/C14H28N4O2/c1-10(2)11(3)16-13(19)9-18-7-6-15-8-12(18)14(20)17(4)5/h10-12,15H,6-9H2,1-5H3,(H,16,19). The zero-order valence-electron chi connectivity index (χ0n) is 13.3. The van der Waals surface area contributed by atoms with E-state index in [4.69, 9.17) is 0 Å². The third kappa shape index (κ3) is 4.76.